The summed E-state index contributed by atoms with van der Waals surface area (Å²) in [6.07, 6.45) is 1.61. The van der Waals surface area contributed by atoms with Crippen molar-refractivity contribution in [1.82, 2.24) is 15.2 Å². The van der Waals surface area contributed by atoms with Gasteiger partial charge in [-0.25, -0.2) is 0 Å². The van der Waals surface area contributed by atoms with Crippen molar-refractivity contribution in [1.29, 1.82) is 0 Å². The van der Waals surface area contributed by atoms with E-state index in [1.54, 1.807) is 11.8 Å². The lowest BCUT2D eigenvalue weighted by Crippen LogP contribution is -2.42. The Bertz CT molecular complexity index is 688. The minimum atomic E-state index is -0.371. The Labute approximate surface area is 147 Å². The maximum atomic E-state index is 12.1. The standard InChI is InChI=1S/C18H24N4OS/c19-16(18(23)22-10-11-24-13-22)5-3-9-20-12-15-8-7-14-4-1-2-6-17(14)21-15/h1-2,4,6-8,16,20H,3,5,9-13,19H2/t16-/m0/s1. The number of para-hydroxylation sites is 1. The SMILES string of the molecule is N[C@@H](CCCNCc1ccc2ccccc2n1)C(=O)N1CCSC1. The maximum absolute atomic E-state index is 12.1. The molecule has 1 aliphatic heterocycles. The molecule has 0 radical (unpaired) electrons. The molecule has 128 valence electrons. The Morgan fingerprint density at radius 2 is 2.21 bits per heavy atom. The molecule has 2 heterocycles. The molecule has 1 aliphatic rings. The van der Waals surface area contributed by atoms with Crippen molar-refractivity contribution >= 4 is 28.6 Å². The number of aromatic nitrogens is 1. The number of carbonyl (C=O) groups is 1. The number of nitrogens with two attached hydrogens (primary N) is 1. The Morgan fingerprint density at radius 3 is 3.04 bits per heavy atom. The number of benzene rings is 1. The first-order valence-electron chi connectivity index (χ1n) is 8.41. The highest BCUT2D eigenvalue weighted by Crippen LogP contribution is 2.15. The van der Waals surface area contributed by atoms with E-state index < -0.39 is 0 Å². The molecule has 0 saturated carbocycles. The van der Waals surface area contributed by atoms with Crippen molar-refractivity contribution in [2.75, 3.05) is 24.7 Å². The molecule has 2 aromatic rings. The van der Waals surface area contributed by atoms with Crippen LogP contribution in [0.1, 0.15) is 18.5 Å². The molecular weight excluding hydrogens is 320 g/mol. The van der Waals surface area contributed by atoms with Gasteiger partial charge in [0.15, 0.2) is 0 Å². The predicted octanol–water partition coefficient (Wildman–Crippen LogP) is 1.96. The monoisotopic (exact) mass is 344 g/mol. The van der Waals surface area contributed by atoms with Crippen LogP contribution in [0.2, 0.25) is 0 Å². The van der Waals surface area contributed by atoms with E-state index in [4.69, 9.17) is 5.73 Å². The van der Waals surface area contributed by atoms with E-state index in [0.717, 1.165) is 60.7 Å². The van der Waals surface area contributed by atoms with Crippen LogP contribution in [0.5, 0.6) is 0 Å². The van der Waals surface area contributed by atoms with Gasteiger partial charge < -0.3 is 16.0 Å². The third-order valence-corrected chi connectivity index (χ3v) is 5.18. The lowest BCUT2D eigenvalue weighted by atomic mass is 10.1. The predicted molar refractivity (Wildman–Crippen MR) is 99.7 cm³/mol. The molecule has 1 atom stereocenters. The van der Waals surface area contributed by atoms with E-state index in [9.17, 15) is 4.79 Å². The number of pyridine rings is 1. The first-order valence-corrected chi connectivity index (χ1v) is 9.57. The molecule has 6 heteroatoms. The second-order valence-corrected chi connectivity index (χ2v) is 7.13. The average Bonchev–Trinajstić information content (AvgIpc) is 3.15. The van der Waals surface area contributed by atoms with Crippen molar-refractivity contribution in [2.45, 2.75) is 25.4 Å². The van der Waals surface area contributed by atoms with Gasteiger partial charge in [0.25, 0.3) is 0 Å². The van der Waals surface area contributed by atoms with Crippen molar-refractivity contribution in [3.05, 3.63) is 42.1 Å². The summed E-state index contributed by atoms with van der Waals surface area (Å²) in [5, 5.41) is 4.54. The van der Waals surface area contributed by atoms with E-state index in [0.29, 0.717) is 0 Å². The van der Waals surface area contributed by atoms with Crippen LogP contribution in [0.25, 0.3) is 10.9 Å². The number of amides is 1. The third kappa shape index (κ3) is 4.47. The normalized spacial score (nSPS) is 15.8. The molecular formula is C18H24N4OS. The van der Waals surface area contributed by atoms with Gasteiger partial charge in [0, 0.05) is 24.2 Å². The molecule has 0 bridgehead atoms. The van der Waals surface area contributed by atoms with E-state index in [2.05, 4.69) is 28.5 Å². The summed E-state index contributed by atoms with van der Waals surface area (Å²) >= 11 is 1.79. The molecule has 1 saturated heterocycles. The highest BCUT2D eigenvalue weighted by atomic mass is 32.2. The van der Waals surface area contributed by atoms with Gasteiger partial charge in [-0.15, -0.1) is 11.8 Å². The van der Waals surface area contributed by atoms with Crippen molar-refractivity contribution in [3.8, 4) is 0 Å². The molecule has 0 unspecified atom stereocenters. The van der Waals surface area contributed by atoms with Crippen LogP contribution in [0.4, 0.5) is 0 Å². The van der Waals surface area contributed by atoms with E-state index in [1.165, 1.54) is 0 Å². The van der Waals surface area contributed by atoms with Crippen LogP contribution in [0, 0.1) is 0 Å². The number of rotatable bonds is 7. The maximum Gasteiger partial charge on any atom is 0.240 e. The van der Waals surface area contributed by atoms with Gasteiger partial charge in [-0.1, -0.05) is 24.3 Å². The summed E-state index contributed by atoms with van der Waals surface area (Å²) in [6.45, 7) is 2.41. The van der Waals surface area contributed by atoms with Gasteiger partial charge in [0.1, 0.15) is 0 Å². The highest BCUT2D eigenvalue weighted by molar-refractivity contribution is 7.99. The minimum Gasteiger partial charge on any atom is -0.331 e. The number of nitrogens with zero attached hydrogens (tertiary/aromatic N) is 2. The van der Waals surface area contributed by atoms with Crippen LogP contribution >= 0.6 is 11.8 Å². The summed E-state index contributed by atoms with van der Waals surface area (Å²) in [5.74, 6) is 1.91. The Morgan fingerprint density at radius 1 is 1.33 bits per heavy atom. The molecule has 1 amide bonds. The van der Waals surface area contributed by atoms with Crippen molar-refractivity contribution in [2.24, 2.45) is 5.73 Å². The summed E-state index contributed by atoms with van der Waals surface area (Å²) in [5.41, 5.74) is 8.06. The van der Waals surface area contributed by atoms with Gasteiger partial charge in [-0.3, -0.25) is 9.78 Å². The second-order valence-electron chi connectivity index (χ2n) is 6.06. The first kappa shape index (κ1) is 17.2. The Balaban J connectivity index is 1.37. The van der Waals surface area contributed by atoms with Crippen LogP contribution in [0.15, 0.2) is 36.4 Å². The lowest BCUT2D eigenvalue weighted by Gasteiger charge is -2.19. The molecule has 0 aliphatic carbocycles. The number of thioether (sulfide) groups is 1. The molecule has 24 heavy (non-hydrogen) atoms. The molecule has 1 aromatic carbocycles. The molecule has 3 N–H and O–H groups in total. The number of hydrogen-bond donors (Lipinski definition) is 2. The van der Waals surface area contributed by atoms with Crippen molar-refractivity contribution < 1.29 is 4.79 Å². The average molecular weight is 344 g/mol. The Hall–Kier alpha value is -1.63. The lowest BCUT2D eigenvalue weighted by molar-refractivity contribution is -0.131. The summed E-state index contributed by atoms with van der Waals surface area (Å²) in [4.78, 5) is 18.6. The van der Waals surface area contributed by atoms with Gasteiger partial charge >= 0.3 is 0 Å². The zero-order valence-electron chi connectivity index (χ0n) is 13.8. The Kier molecular flexibility index (Phi) is 6.07. The quantitative estimate of drug-likeness (QED) is 0.752. The zero-order valence-corrected chi connectivity index (χ0v) is 14.6. The summed E-state index contributed by atoms with van der Waals surface area (Å²) in [6, 6.07) is 11.9. The topological polar surface area (TPSA) is 71.2 Å². The third-order valence-electron chi connectivity index (χ3n) is 4.21. The van der Waals surface area contributed by atoms with E-state index in [1.807, 2.05) is 23.1 Å². The number of carbonyl (C=O) groups excluding carboxylic acids is 1. The second kappa shape index (κ2) is 8.46. The molecule has 5 nitrogen and oxygen atoms in total. The molecule has 1 fully saturated rings. The van der Waals surface area contributed by atoms with Gasteiger partial charge in [-0.05, 0) is 31.5 Å². The highest BCUT2D eigenvalue weighted by Gasteiger charge is 2.23. The number of hydrogen-bond acceptors (Lipinski definition) is 5. The largest absolute Gasteiger partial charge is 0.331 e. The van der Waals surface area contributed by atoms with Crippen LogP contribution in [0.3, 0.4) is 0 Å². The first-order chi connectivity index (χ1) is 11.7. The van der Waals surface area contributed by atoms with Crippen LogP contribution in [-0.2, 0) is 11.3 Å². The van der Waals surface area contributed by atoms with Gasteiger partial charge in [0.05, 0.1) is 23.1 Å². The fourth-order valence-corrected chi connectivity index (χ4v) is 3.77. The zero-order chi connectivity index (χ0) is 16.8. The van der Waals surface area contributed by atoms with E-state index in [-0.39, 0.29) is 11.9 Å². The van der Waals surface area contributed by atoms with Crippen molar-refractivity contribution in [3.63, 3.8) is 0 Å². The fraction of sp³-hybridized carbons (Fsp3) is 0.444. The van der Waals surface area contributed by atoms with Gasteiger partial charge in [-0.2, -0.15) is 0 Å². The molecule has 0 spiro atoms. The smallest absolute Gasteiger partial charge is 0.240 e. The van der Waals surface area contributed by atoms with Crippen LogP contribution < -0.4 is 11.1 Å². The van der Waals surface area contributed by atoms with Crippen LogP contribution in [-0.4, -0.2) is 46.6 Å². The molecule has 3 rings (SSSR count). The summed E-state index contributed by atoms with van der Waals surface area (Å²) < 4.78 is 0. The minimum absolute atomic E-state index is 0.0937. The number of nitrogens with one attached hydrogen (secondary N) is 1. The van der Waals surface area contributed by atoms with Gasteiger partial charge in [0.2, 0.25) is 5.91 Å². The summed E-state index contributed by atoms with van der Waals surface area (Å²) in [7, 11) is 0. The van der Waals surface area contributed by atoms with E-state index >= 15 is 0 Å². The fourth-order valence-electron chi connectivity index (χ4n) is 2.82. The number of fused-ring (bicyclic) bond motifs is 1. The molecule has 1 aromatic heterocycles.